The summed E-state index contributed by atoms with van der Waals surface area (Å²) >= 11 is 0. The maximum atomic E-state index is 12.0. The monoisotopic (exact) mass is 306 g/mol. The highest BCUT2D eigenvalue weighted by Gasteiger charge is 2.28. The molecule has 0 saturated carbocycles. The molecule has 0 spiro atoms. The van der Waals surface area contributed by atoms with E-state index in [0.29, 0.717) is 25.2 Å². The first kappa shape index (κ1) is 15.7. The van der Waals surface area contributed by atoms with Gasteiger partial charge in [0, 0.05) is 26.3 Å². The number of hydrogen-bond acceptors (Lipinski definition) is 5. The Morgan fingerprint density at radius 1 is 1.41 bits per heavy atom. The van der Waals surface area contributed by atoms with Gasteiger partial charge in [0.2, 0.25) is 5.69 Å². The van der Waals surface area contributed by atoms with Crippen molar-refractivity contribution in [2.75, 3.05) is 6.54 Å². The summed E-state index contributed by atoms with van der Waals surface area (Å²) in [6, 6.07) is 1.90. The molecule has 0 aromatic carbocycles. The average Bonchev–Trinajstić information content (AvgIpc) is 2.99. The molecule has 0 radical (unpaired) electrons. The molecule has 0 aliphatic heterocycles. The molecular weight excluding hydrogens is 288 g/mol. The summed E-state index contributed by atoms with van der Waals surface area (Å²) in [5.41, 5.74) is 0.883. The number of hydrogen-bond donors (Lipinski definition) is 1. The van der Waals surface area contributed by atoms with E-state index in [4.69, 9.17) is 0 Å². The summed E-state index contributed by atoms with van der Waals surface area (Å²) in [6.07, 6.45) is 2.54. The third kappa shape index (κ3) is 3.30. The van der Waals surface area contributed by atoms with Gasteiger partial charge in [-0.3, -0.25) is 24.3 Å². The number of amides is 1. The fraction of sp³-hybridized carbons (Fsp3) is 0.462. The predicted octanol–water partition coefficient (Wildman–Crippen LogP) is 0.962. The Bertz CT molecular complexity index is 703. The molecule has 2 rings (SSSR count). The lowest BCUT2D eigenvalue weighted by molar-refractivity contribution is -0.385. The van der Waals surface area contributed by atoms with Gasteiger partial charge in [-0.15, -0.1) is 0 Å². The summed E-state index contributed by atoms with van der Waals surface area (Å²) in [4.78, 5) is 22.5. The maximum absolute atomic E-state index is 12.0. The Kier molecular flexibility index (Phi) is 4.54. The van der Waals surface area contributed by atoms with Gasteiger partial charge in [-0.05, 0) is 26.3 Å². The highest BCUT2D eigenvalue weighted by molar-refractivity contribution is 5.96. The van der Waals surface area contributed by atoms with Gasteiger partial charge in [0.25, 0.3) is 5.91 Å². The molecule has 2 aromatic heterocycles. The number of aryl methyl sites for hydroxylation is 3. The molecule has 1 amide bonds. The third-order valence-corrected chi connectivity index (χ3v) is 3.32. The van der Waals surface area contributed by atoms with Crippen molar-refractivity contribution in [1.82, 2.24) is 24.9 Å². The van der Waals surface area contributed by atoms with E-state index in [1.54, 1.807) is 18.7 Å². The van der Waals surface area contributed by atoms with Crippen LogP contribution in [0.15, 0.2) is 12.3 Å². The Hall–Kier alpha value is -2.71. The summed E-state index contributed by atoms with van der Waals surface area (Å²) < 4.78 is 3.12. The number of carbonyl (C=O) groups excluding carboxylic acids is 1. The van der Waals surface area contributed by atoms with E-state index in [1.807, 2.05) is 19.2 Å². The quantitative estimate of drug-likeness (QED) is 0.486. The molecule has 0 saturated heterocycles. The number of carbonyl (C=O) groups is 1. The first-order valence-electron chi connectivity index (χ1n) is 6.86. The van der Waals surface area contributed by atoms with E-state index < -0.39 is 10.8 Å². The van der Waals surface area contributed by atoms with Crippen LogP contribution in [0.25, 0.3) is 0 Å². The van der Waals surface area contributed by atoms with Crippen molar-refractivity contribution in [1.29, 1.82) is 0 Å². The molecule has 0 atom stereocenters. The van der Waals surface area contributed by atoms with Crippen molar-refractivity contribution in [2.24, 2.45) is 7.05 Å². The molecule has 0 bridgehead atoms. The van der Waals surface area contributed by atoms with Crippen LogP contribution in [0.2, 0.25) is 0 Å². The van der Waals surface area contributed by atoms with Gasteiger partial charge in [0.05, 0.1) is 10.6 Å². The normalized spacial score (nSPS) is 10.7. The molecule has 0 unspecified atom stereocenters. The molecule has 2 aromatic rings. The second-order valence-electron chi connectivity index (χ2n) is 4.99. The van der Waals surface area contributed by atoms with Crippen LogP contribution in [-0.4, -0.2) is 36.9 Å². The van der Waals surface area contributed by atoms with E-state index >= 15 is 0 Å². The zero-order chi connectivity index (χ0) is 16.3. The van der Waals surface area contributed by atoms with Crippen molar-refractivity contribution in [3.63, 3.8) is 0 Å². The summed E-state index contributed by atoms with van der Waals surface area (Å²) in [5.74, 6) is -0.535. The predicted molar refractivity (Wildman–Crippen MR) is 78.5 cm³/mol. The fourth-order valence-electron chi connectivity index (χ4n) is 2.08. The van der Waals surface area contributed by atoms with Crippen molar-refractivity contribution >= 4 is 11.6 Å². The Labute approximate surface area is 127 Å². The largest absolute Gasteiger partial charge is 0.350 e. The Morgan fingerprint density at radius 3 is 2.73 bits per heavy atom. The smallest absolute Gasteiger partial charge is 0.322 e. The zero-order valence-corrected chi connectivity index (χ0v) is 12.7. The summed E-state index contributed by atoms with van der Waals surface area (Å²) in [5, 5.41) is 21.8. The van der Waals surface area contributed by atoms with Gasteiger partial charge in [0.1, 0.15) is 5.69 Å². The number of rotatable bonds is 6. The van der Waals surface area contributed by atoms with Crippen molar-refractivity contribution in [3.05, 3.63) is 39.5 Å². The second-order valence-corrected chi connectivity index (χ2v) is 4.99. The fourth-order valence-corrected chi connectivity index (χ4v) is 2.08. The molecule has 0 aliphatic carbocycles. The first-order chi connectivity index (χ1) is 10.4. The van der Waals surface area contributed by atoms with Crippen molar-refractivity contribution < 1.29 is 9.72 Å². The summed E-state index contributed by atoms with van der Waals surface area (Å²) in [6.45, 7) is 4.52. The highest BCUT2D eigenvalue weighted by Crippen LogP contribution is 2.21. The van der Waals surface area contributed by atoms with E-state index in [0.717, 1.165) is 5.69 Å². The number of nitrogens with zero attached hydrogens (tertiary/aromatic N) is 5. The molecule has 2 heterocycles. The van der Waals surface area contributed by atoms with Gasteiger partial charge in [-0.2, -0.15) is 10.2 Å². The minimum absolute atomic E-state index is 0.153. The number of nitrogens with one attached hydrogen (secondary N) is 1. The van der Waals surface area contributed by atoms with E-state index in [2.05, 4.69) is 15.5 Å². The highest BCUT2D eigenvalue weighted by atomic mass is 16.6. The van der Waals surface area contributed by atoms with Crippen LogP contribution < -0.4 is 5.32 Å². The number of aromatic nitrogens is 4. The van der Waals surface area contributed by atoms with Gasteiger partial charge < -0.3 is 5.32 Å². The maximum Gasteiger partial charge on any atom is 0.322 e. The lowest BCUT2D eigenvalue weighted by atomic mass is 10.3. The summed E-state index contributed by atoms with van der Waals surface area (Å²) in [7, 11) is 1.57. The molecule has 9 heteroatoms. The lowest BCUT2D eigenvalue weighted by Crippen LogP contribution is -2.26. The molecular formula is C13H18N6O3. The minimum atomic E-state index is -0.580. The molecule has 0 fully saturated rings. The van der Waals surface area contributed by atoms with Gasteiger partial charge in [0.15, 0.2) is 0 Å². The Morgan fingerprint density at radius 2 is 2.14 bits per heavy atom. The Balaban J connectivity index is 1.92. The van der Waals surface area contributed by atoms with E-state index in [-0.39, 0.29) is 11.4 Å². The molecule has 118 valence electrons. The molecule has 0 aliphatic rings. The van der Waals surface area contributed by atoms with Crippen LogP contribution in [0.5, 0.6) is 0 Å². The minimum Gasteiger partial charge on any atom is -0.350 e. The van der Waals surface area contributed by atoms with Crippen LogP contribution in [0.3, 0.4) is 0 Å². The van der Waals surface area contributed by atoms with Crippen LogP contribution in [-0.2, 0) is 13.6 Å². The molecule has 22 heavy (non-hydrogen) atoms. The van der Waals surface area contributed by atoms with Gasteiger partial charge in [-0.25, -0.2) is 0 Å². The van der Waals surface area contributed by atoms with Crippen LogP contribution in [0.4, 0.5) is 5.69 Å². The van der Waals surface area contributed by atoms with E-state index in [1.165, 1.54) is 4.68 Å². The second kappa shape index (κ2) is 6.37. The van der Waals surface area contributed by atoms with Crippen molar-refractivity contribution in [3.8, 4) is 0 Å². The topological polar surface area (TPSA) is 108 Å². The van der Waals surface area contributed by atoms with E-state index in [9.17, 15) is 14.9 Å². The van der Waals surface area contributed by atoms with Crippen LogP contribution in [0, 0.1) is 24.0 Å². The first-order valence-corrected chi connectivity index (χ1v) is 6.86. The standard InChI is InChI=1S/C13H18N6O3/c1-9-5-8-18(15-9)7-4-6-14-13(20)11-12(19(21)22)10(2)17(3)16-11/h5,8H,4,6-7H2,1-3H3,(H,14,20). The van der Waals surface area contributed by atoms with Crippen LogP contribution >= 0.6 is 0 Å². The number of nitro groups is 1. The SMILES string of the molecule is Cc1ccn(CCCNC(=O)c2nn(C)c(C)c2[N+](=O)[O-])n1. The lowest BCUT2D eigenvalue weighted by Gasteiger charge is -2.03. The van der Waals surface area contributed by atoms with Gasteiger partial charge in [-0.1, -0.05) is 0 Å². The average molecular weight is 306 g/mol. The van der Waals surface area contributed by atoms with Crippen molar-refractivity contribution in [2.45, 2.75) is 26.8 Å². The van der Waals surface area contributed by atoms with Crippen LogP contribution in [0.1, 0.15) is 28.3 Å². The zero-order valence-electron chi connectivity index (χ0n) is 12.7. The van der Waals surface area contributed by atoms with Gasteiger partial charge >= 0.3 is 5.69 Å². The third-order valence-electron chi connectivity index (χ3n) is 3.32. The molecule has 1 N–H and O–H groups in total. The molecule has 9 nitrogen and oxygen atoms in total.